The summed E-state index contributed by atoms with van der Waals surface area (Å²) in [4.78, 5) is 17.6. The Morgan fingerprint density at radius 2 is 1.89 bits per heavy atom. The molecule has 2 rings (SSSR count). The lowest BCUT2D eigenvalue weighted by molar-refractivity contribution is 0.561. The van der Waals surface area contributed by atoms with E-state index >= 15 is 0 Å². The van der Waals surface area contributed by atoms with Crippen molar-refractivity contribution in [2.24, 2.45) is 11.4 Å². The normalized spacial score (nSPS) is 14.3. The fourth-order valence-corrected chi connectivity index (χ4v) is 3.34. The minimum atomic E-state index is -1.43. The van der Waals surface area contributed by atoms with Gasteiger partial charge in [-0.2, -0.15) is 5.26 Å². The van der Waals surface area contributed by atoms with Crippen molar-refractivity contribution in [3.63, 3.8) is 0 Å². The van der Waals surface area contributed by atoms with Crippen LogP contribution in [0.2, 0.25) is 0 Å². The fraction of sp³-hybridized carbons (Fsp3) is 0.500. The van der Waals surface area contributed by atoms with E-state index in [0.29, 0.717) is 28.0 Å². The molecule has 0 N–H and O–H groups in total. The predicted molar refractivity (Wildman–Crippen MR) is 110 cm³/mol. The molecule has 1 aromatic heterocycles. The van der Waals surface area contributed by atoms with Crippen molar-refractivity contribution >= 4 is 28.0 Å². The Morgan fingerprint density at radius 1 is 1.30 bits per heavy atom. The van der Waals surface area contributed by atoms with Gasteiger partial charge in [0.05, 0.1) is 22.7 Å². The van der Waals surface area contributed by atoms with Crippen LogP contribution in [0.4, 0.5) is 0 Å². The van der Waals surface area contributed by atoms with E-state index in [1.54, 1.807) is 33.9 Å². The molecular formula is C20H26N4O2S. The lowest BCUT2D eigenvalue weighted by Crippen LogP contribution is -2.31. The minimum Gasteiger partial charge on any atom is -0.591 e. The highest BCUT2D eigenvalue weighted by Crippen LogP contribution is 2.25. The number of aryl methyl sites for hydroxylation is 1. The second-order valence-electron chi connectivity index (χ2n) is 8.28. The van der Waals surface area contributed by atoms with Crippen LogP contribution >= 0.6 is 0 Å². The van der Waals surface area contributed by atoms with Crippen molar-refractivity contribution in [1.29, 1.82) is 5.26 Å². The van der Waals surface area contributed by atoms with Crippen LogP contribution in [-0.2, 0) is 23.8 Å². The molecule has 0 unspecified atom stereocenters. The van der Waals surface area contributed by atoms with E-state index < -0.39 is 21.5 Å². The molecule has 0 saturated carbocycles. The van der Waals surface area contributed by atoms with Gasteiger partial charge in [-0.1, -0.05) is 4.40 Å². The summed E-state index contributed by atoms with van der Waals surface area (Å²) in [7, 11) is 1.63. The van der Waals surface area contributed by atoms with Crippen LogP contribution in [0.3, 0.4) is 0 Å². The summed E-state index contributed by atoms with van der Waals surface area (Å²) in [6, 6.07) is 5.87. The van der Waals surface area contributed by atoms with E-state index in [1.165, 1.54) is 4.57 Å². The maximum absolute atomic E-state index is 12.9. The van der Waals surface area contributed by atoms with Gasteiger partial charge in [0.2, 0.25) is 0 Å². The summed E-state index contributed by atoms with van der Waals surface area (Å²) in [5.41, 5.74) is 1.44. The number of benzene rings is 1. The lowest BCUT2D eigenvalue weighted by Gasteiger charge is -2.21. The van der Waals surface area contributed by atoms with Crippen LogP contribution in [0, 0.1) is 18.3 Å². The first-order valence-corrected chi connectivity index (χ1v) is 9.81. The molecule has 7 heteroatoms. The van der Waals surface area contributed by atoms with E-state index in [2.05, 4.69) is 15.5 Å². The Morgan fingerprint density at radius 3 is 2.41 bits per heavy atom. The van der Waals surface area contributed by atoms with E-state index in [1.807, 2.05) is 33.8 Å². The number of fused-ring (bicyclic) bond motifs is 1. The summed E-state index contributed by atoms with van der Waals surface area (Å²) in [5.74, 6) is 0.386. The number of hydrogen-bond donors (Lipinski definition) is 0. The Labute approximate surface area is 163 Å². The Balaban J connectivity index is 2.88. The summed E-state index contributed by atoms with van der Waals surface area (Å²) < 4.78 is 17.7. The topological polar surface area (TPSA) is 94.1 Å². The van der Waals surface area contributed by atoms with Gasteiger partial charge in [0.1, 0.15) is 27.3 Å². The first kappa shape index (κ1) is 21.1. The molecule has 0 amide bonds. The van der Waals surface area contributed by atoms with Crippen molar-refractivity contribution in [2.75, 3.05) is 0 Å². The number of rotatable bonds is 3. The predicted octanol–water partition coefficient (Wildman–Crippen LogP) is 3.31. The average molecular weight is 387 g/mol. The standard InChI is InChI=1S/C20H26N4O2S/c1-12-9-14(13(2)23-27(26)19(3,4)5)16-15(10-12)17(25)24(8)18(22-16)20(6,7)11-21/h9-10H,1-8H3/t27-/m1/s1. The summed E-state index contributed by atoms with van der Waals surface area (Å²) in [5, 5.41) is 9.96. The van der Waals surface area contributed by atoms with Gasteiger partial charge in [-0.3, -0.25) is 9.36 Å². The smallest absolute Gasteiger partial charge is 0.261 e. The fourth-order valence-electron chi connectivity index (χ4n) is 2.72. The molecule has 27 heavy (non-hydrogen) atoms. The molecule has 144 valence electrons. The molecule has 1 aromatic carbocycles. The molecule has 1 atom stereocenters. The third-order valence-electron chi connectivity index (χ3n) is 4.30. The maximum atomic E-state index is 12.9. The van der Waals surface area contributed by atoms with Gasteiger partial charge in [0.25, 0.3) is 5.56 Å². The molecule has 2 aromatic rings. The maximum Gasteiger partial charge on any atom is 0.261 e. The van der Waals surface area contributed by atoms with E-state index in [0.717, 1.165) is 5.56 Å². The zero-order valence-electron chi connectivity index (χ0n) is 17.2. The largest absolute Gasteiger partial charge is 0.591 e. The molecule has 0 spiro atoms. The molecule has 0 fully saturated rings. The lowest BCUT2D eigenvalue weighted by atomic mass is 9.93. The zero-order chi connectivity index (χ0) is 20.7. The van der Waals surface area contributed by atoms with Gasteiger partial charge in [-0.25, -0.2) is 4.98 Å². The van der Waals surface area contributed by atoms with Crippen LogP contribution in [0.1, 0.15) is 58.5 Å². The van der Waals surface area contributed by atoms with Crippen molar-refractivity contribution in [3.8, 4) is 6.07 Å². The van der Waals surface area contributed by atoms with Crippen LogP contribution < -0.4 is 5.56 Å². The van der Waals surface area contributed by atoms with Crippen LogP contribution in [-0.4, -0.2) is 24.6 Å². The third-order valence-corrected chi connectivity index (χ3v) is 5.78. The second-order valence-corrected chi connectivity index (χ2v) is 10.2. The highest BCUT2D eigenvalue weighted by molar-refractivity contribution is 7.91. The Kier molecular flexibility index (Phi) is 5.56. The monoisotopic (exact) mass is 386 g/mol. The molecule has 0 radical (unpaired) electrons. The number of nitrogens with zero attached hydrogens (tertiary/aromatic N) is 4. The van der Waals surface area contributed by atoms with Gasteiger partial charge < -0.3 is 4.55 Å². The molecule has 1 heterocycles. The molecular weight excluding hydrogens is 360 g/mol. The molecule has 0 aliphatic rings. The number of aromatic nitrogens is 2. The van der Waals surface area contributed by atoms with Crippen molar-refractivity contribution in [2.45, 2.75) is 58.6 Å². The van der Waals surface area contributed by atoms with Gasteiger partial charge in [0.15, 0.2) is 0 Å². The molecule has 0 saturated heterocycles. The van der Waals surface area contributed by atoms with Crippen LogP contribution in [0.15, 0.2) is 21.3 Å². The first-order valence-electron chi connectivity index (χ1n) is 8.70. The first-order chi connectivity index (χ1) is 12.3. The highest BCUT2D eigenvalue weighted by Gasteiger charge is 2.29. The van der Waals surface area contributed by atoms with Crippen molar-refractivity contribution in [3.05, 3.63) is 39.4 Å². The SMILES string of the molecule is CC(=N[S@+]([O-])C(C)(C)C)c1cc(C)cc2c(=O)n(C)c(C(C)(C)C#N)nc12. The summed E-state index contributed by atoms with van der Waals surface area (Å²) in [6.45, 7) is 12.7. The quantitative estimate of drug-likeness (QED) is 0.597. The van der Waals surface area contributed by atoms with E-state index in [-0.39, 0.29) is 5.56 Å². The van der Waals surface area contributed by atoms with E-state index in [9.17, 15) is 14.6 Å². The minimum absolute atomic E-state index is 0.215. The molecule has 0 aliphatic carbocycles. The van der Waals surface area contributed by atoms with Crippen molar-refractivity contribution in [1.82, 2.24) is 9.55 Å². The van der Waals surface area contributed by atoms with Gasteiger partial charge in [0, 0.05) is 12.6 Å². The molecule has 0 bridgehead atoms. The molecule has 0 aliphatic heterocycles. The van der Waals surface area contributed by atoms with Gasteiger partial charge in [-0.15, -0.1) is 0 Å². The van der Waals surface area contributed by atoms with Crippen LogP contribution in [0.25, 0.3) is 10.9 Å². The second kappa shape index (κ2) is 7.10. The molecule has 6 nitrogen and oxygen atoms in total. The Hall–Kier alpha value is -2.17. The number of hydrogen-bond acceptors (Lipinski definition) is 5. The number of nitriles is 1. The summed E-state index contributed by atoms with van der Waals surface area (Å²) in [6.07, 6.45) is 0. The third kappa shape index (κ3) is 4.07. The zero-order valence-corrected chi connectivity index (χ0v) is 18.0. The van der Waals surface area contributed by atoms with E-state index in [4.69, 9.17) is 0 Å². The Bertz CT molecular complexity index is 1020. The average Bonchev–Trinajstić information content (AvgIpc) is 2.56. The van der Waals surface area contributed by atoms with Crippen LogP contribution in [0.5, 0.6) is 0 Å². The van der Waals surface area contributed by atoms with Crippen molar-refractivity contribution < 1.29 is 4.55 Å². The highest BCUT2D eigenvalue weighted by atomic mass is 32.2. The van der Waals surface area contributed by atoms with Gasteiger partial charge >= 0.3 is 0 Å². The summed E-state index contributed by atoms with van der Waals surface area (Å²) >= 11 is -1.43. The van der Waals surface area contributed by atoms with Gasteiger partial charge in [-0.05, 0) is 66.2 Å².